The molecular weight excluding hydrogens is 727 g/mol. The molecule has 0 amide bonds. The lowest BCUT2D eigenvalue weighted by Gasteiger charge is -2.37. The molecule has 0 radical (unpaired) electrons. The third kappa shape index (κ3) is 5.50. The number of hydrogen-bond acceptors (Lipinski definition) is 2. The van der Waals surface area contributed by atoms with Crippen LogP contribution in [0, 0.1) is 11.6 Å². The lowest BCUT2D eigenvalue weighted by molar-refractivity contribution is 0.475. The molecule has 0 atom stereocenters. The van der Waals surface area contributed by atoms with Crippen LogP contribution in [0.4, 0.5) is 42.9 Å². The molecule has 0 aromatic heterocycles. The number of anilines is 6. The highest BCUT2D eigenvalue weighted by Gasteiger charge is 2.34. The summed E-state index contributed by atoms with van der Waals surface area (Å²) in [5, 5.41) is 11.9. The van der Waals surface area contributed by atoms with E-state index in [4.69, 9.17) is 0 Å². The summed E-state index contributed by atoms with van der Waals surface area (Å²) in [6.07, 6.45) is 2.78. The second-order valence-corrected chi connectivity index (χ2v) is 16.7. The minimum atomic E-state index is -0.264. The van der Waals surface area contributed by atoms with Crippen molar-refractivity contribution in [1.29, 1.82) is 0 Å². The van der Waals surface area contributed by atoms with Crippen molar-refractivity contribution in [3.8, 4) is 0 Å². The molecule has 4 heteroatoms. The van der Waals surface area contributed by atoms with Crippen LogP contribution in [0.3, 0.4) is 0 Å². The molecule has 0 spiro atoms. The molecule has 10 aromatic carbocycles. The van der Waals surface area contributed by atoms with E-state index in [2.05, 4.69) is 146 Å². The first-order valence-electron chi connectivity index (χ1n) is 20.7. The second-order valence-electron chi connectivity index (χ2n) is 16.7. The first-order chi connectivity index (χ1) is 28.8. The summed E-state index contributed by atoms with van der Waals surface area (Å²) in [6, 6.07) is 55.7. The third-order valence-corrected chi connectivity index (χ3v) is 12.9. The number of rotatable bonds is 7. The fraction of sp³-hybridized carbons (Fsp3) is 0.127. The van der Waals surface area contributed by atoms with E-state index in [0.29, 0.717) is 0 Å². The first-order valence-corrected chi connectivity index (χ1v) is 20.7. The zero-order chi connectivity index (χ0) is 40.0. The largest absolute Gasteiger partial charge is 0.309 e. The Morgan fingerprint density at radius 3 is 1.58 bits per heavy atom. The van der Waals surface area contributed by atoms with Crippen molar-refractivity contribution in [3.05, 3.63) is 192 Å². The molecule has 0 saturated carbocycles. The van der Waals surface area contributed by atoms with Crippen LogP contribution in [0.2, 0.25) is 0 Å². The summed E-state index contributed by atoms with van der Waals surface area (Å²) >= 11 is 0. The number of benzene rings is 10. The van der Waals surface area contributed by atoms with Gasteiger partial charge in [-0.2, -0.15) is 0 Å². The molecule has 2 nitrogen and oxygen atoms in total. The lowest BCUT2D eigenvalue weighted by Crippen LogP contribution is -2.24. The van der Waals surface area contributed by atoms with Crippen LogP contribution in [-0.4, -0.2) is 0 Å². The van der Waals surface area contributed by atoms with Gasteiger partial charge in [0.1, 0.15) is 11.6 Å². The normalized spacial score (nSPS) is 13.6. The number of aryl methyl sites for hydroxylation is 2. The Bertz CT molecular complexity index is 3250. The van der Waals surface area contributed by atoms with E-state index in [9.17, 15) is 8.78 Å². The van der Waals surface area contributed by atoms with Crippen molar-refractivity contribution in [2.45, 2.75) is 45.4 Å². The van der Waals surface area contributed by atoms with Gasteiger partial charge in [0.25, 0.3) is 0 Å². The second kappa shape index (κ2) is 13.4. The number of hydrogen-bond donors (Lipinski definition) is 0. The average molecular weight is 769 g/mol. The maximum atomic E-state index is 14.7. The first kappa shape index (κ1) is 35.4. The van der Waals surface area contributed by atoms with Crippen LogP contribution < -0.4 is 9.80 Å². The monoisotopic (exact) mass is 768 g/mol. The van der Waals surface area contributed by atoms with Crippen LogP contribution in [0.25, 0.3) is 53.9 Å². The zero-order valence-corrected chi connectivity index (χ0v) is 33.4. The van der Waals surface area contributed by atoms with Crippen molar-refractivity contribution in [1.82, 2.24) is 0 Å². The van der Waals surface area contributed by atoms with Gasteiger partial charge in [0.15, 0.2) is 0 Å². The van der Waals surface area contributed by atoms with Crippen molar-refractivity contribution in [2.75, 3.05) is 9.80 Å². The predicted octanol–water partition coefficient (Wildman–Crippen LogP) is 15.9. The van der Waals surface area contributed by atoms with E-state index < -0.39 is 0 Å². The van der Waals surface area contributed by atoms with E-state index >= 15 is 0 Å². The van der Waals surface area contributed by atoms with Crippen LogP contribution in [0.5, 0.6) is 0 Å². The Hall–Kier alpha value is -6.78. The lowest BCUT2D eigenvalue weighted by atomic mass is 9.70. The van der Waals surface area contributed by atoms with Gasteiger partial charge in [0.05, 0.1) is 22.7 Å². The van der Waals surface area contributed by atoms with Crippen molar-refractivity contribution >= 4 is 88.0 Å². The van der Waals surface area contributed by atoms with Gasteiger partial charge in [0.2, 0.25) is 0 Å². The third-order valence-electron chi connectivity index (χ3n) is 12.9. The van der Waals surface area contributed by atoms with Gasteiger partial charge < -0.3 is 9.80 Å². The average Bonchev–Trinajstić information content (AvgIpc) is 3.26. The Morgan fingerprint density at radius 2 is 1.00 bits per heavy atom. The minimum absolute atomic E-state index is 0.0889. The number of halogens is 2. The maximum Gasteiger partial charge on any atom is 0.123 e. The summed E-state index contributed by atoms with van der Waals surface area (Å²) in [5.41, 5.74) is 9.86. The fourth-order valence-electron chi connectivity index (χ4n) is 10.00. The molecule has 0 fully saturated rings. The SMILES string of the molecule is CCc1cc(N(c2ccc(F)cc2)c2cccc3ccccc23)c2cc3c4c(cc(N(c5ccc(F)cc5)c5cccc6ccccc56)c5ccc1c2c54)CCC3(C)C. The molecule has 0 heterocycles. The van der Waals surface area contributed by atoms with Gasteiger partial charge in [-0.05, 0) is 147 Å². The van der Waals surface area contributed by atoms with Gasteiger partial charge in [-0.15, -0.1) is 0 Å². The van der Waals surface area contributed by atoms with Crippen LogP contribution >= 0.6 is 0 Å². The van der Waals surface area contributed by atoms with E-state index in [1.807, 2.05) is 24.3 Å². The number of nitrogens with zero attached hydrogens (tertiary/aromatic N) is 2. The molecule has 1 aliphatic carbocycles. The van der Waals surface area contributed by atoms with E-state index in [-0.39, 0.29) is 17.0 Å². The highest BCUT2D eigenvalue weighted by atomic mass is 19.1. The minimum Gasteiger partial charge on any atom is -0.309 e. The molecule has 0 N–H and O–H groups in total. The molecule has 11 rings (SSSR count). The molecule has 0 aliphatic heterocycles. The van der Waals surface area contributed by atoms with Gasteiger partial charge in [-0.3, -0.25) is 0 Å². The molecule has 1 aliphatic rings. The summed E-state index contributed by atoms with van der Waals surface area (Å²) < 4.78 is 29.4. The topological polar surface area (TPSA) is 6.48 Å². The van der Waals surface area contributed by atoms with E-state index in [1.54, 1.807) is 24.3 Å². The maximum absolute atomic E-state index is 14.7. The molecule has 10 aromatic rings. The molecule has 0 unspecified atom stereocenters. The quantitative estimate of drug-likeness (QED) is 0.149. The Morgan fingerprint density at radius 1 is 0.475 bits per heavy atom. The summed E-state index contributed by atoms with van der Waals surface area (Å²) in [5.74, 6) is -0.528. The predicted molar refractivity (Wildman–Crippen MR) is 245 cm³/mol. The van der Waals surface area contributed by atoms with Gasteiger partial charge in [-0.1, -0.05) is 106 Å². The Labute approximate surface area is 342 Å². The number of fused-ring (bicyclic) bond motifs is 2. The molecular formula is C55H42F2N2. The van der Waals surface area contributed by atoms with Crippen LogP contribution in [0.15, 0.2) is 164 Å². The molecule has 0 bridgehead atoms. The van der Waals surface area contributed by atoms with Crippen molar-refractivity contribution in [2.24, 2.45) is 0 Å². The van der Waals surface area contributed by atoms with Crippen molar-refractivity contribution in [3.63, 3.8) is 0 Å². The summed E-state index contributed by atoms with van der Waals surface area (Å²) in [6.45, 7) is 7.01. The molecule has 59 heavy (non-hydrogen) atoms. The Balaban J connectivity index is 1.30. The van der Waals surface area contributed by atoms with Crippen LogP contribution in [0.1, 0.15) is 43.9 Å². The van der Waals surface area contributed by atoms with E-state index in [0.717, 1.165) is 80.3 Å². The summed E-state index contributed by atoms with van der Waals surface area (Å²) in [7, 11) is 0. The van der Waals surface area contributed by atoms with E-state index in [1.165, 1.54) is 43.6 Å². The highest BCUT2D eigenvalue weighted by molar-refractivity contribution is 6.30. The fourth-order valence-corrected chi connectivity index (χ4v) is 10.00. The Kier molecular flexibility index (Phi) is 8.03. The highest BCUT2D eigenvalue weighted by Crippen LogP contribution is 2.54. The molecule has 286 valence electrons. The van der Waals surface area contributed by atoms with Gasteiger partial charge in [-0.25, -0.2) is 8.78 Å². The zero-order valence-electron chi connectivity index (χ0n) is 33.4. The van der Waals surface area contributed by atoms with Gasteiger partial charge >= 0.3 is 0 Å². The molecule has 0 saturated heterocycles. The van der Waals surface area contributed by atoms with Gasteiger partial charge in [0, 0.05) is 38.3 Å². The van der Waals surface area contributed by atoms with Crippen molar-refractivity contribution < 1.29 is 8.78 Å². The van der Waals surface area contributed by atoms with Crippen LogP contribution in [-0.2, 0) is 18.3 Å². The standard InChI is InChI=1S/C55H42F2N2/c1-4-34-31-51(59(41-25-21-39(57)22-26-41)49-18-10-14-36-12-6-8-16-43(36)49)46-33-47-52-37(29-30-55(47,2)3)32-50(45-28-27-44(34)53(46)54(45)52)58(40-23-19-38(56)20-24-40)48-17-9-13-35-11-5-7-15-42(35)48/h5-28,31-33H,4,29-30H2,1-3H3. The summed E-state index contributed by atoms with van der Waals surface area (Å²) in [4.78, 5) is 4.68. The smallest absolute Gasteiger partial charge is 0.123 e.